The van der Waals surface area contributed by atoms with E-state index in [-0.39, 0.29) is 12.5 Å². The second-order valence-electron chi connectivity index (χ2n) is 4.69. The van der Waals surface area contributed by atoms with Crippen molar-refractivity contribution in [2.75, 3.05) is 5.32 Å². The van der Waals surface area contributed by atoms with E-state index in [1.54, 1.807) is 23.3 Å². The van der Waals surface area contributed by atoms with E-state index in [1.807, 2.05) is 54.6 Å². The third-order valence-electron chi connectivity index (χ3n) is 3.02. The molecule has 3 aromatic rings. The minimum absolute atomic E-state index is 0.137. The summed E-state index contributed by atoms with van der Waals surface area (Å²) in [6, 6.07) is 16.8. The Labute approximate surface area is 128 Å². The van der Waals surface area contributed by atoms with Crippen LogP contribution >= 0.6 is 0 Å². The first kappa shape index (κ1) is 13.9. The maximum absolute atomic E-state index is 12.1. The van der Waals surface area contributed by atoms with Crippen molar-refractivity contribution in [1.82, 2.24) is 9.55 Å². The largest absolute Gasteiger partial charge is 0.455 e. The van der Waals surface area contributed by atoms with E-state index in [4.69, 9.17) is 4.74 Å². The molecule has 0 spiro atoms. The Morgan fingerprint density at radius 3 is 2.64 bits per heavy atom. The van der Waals surface area contributed by atoms with Crippen molar-refractivity contribution in [2.24, 2.45) is 0 Å². The molecule has 0 radical (unpaired) electrons. The number of ether oxygens (including phenoxy) is 1. The van der Waals surface area contributed by atoms with Crippen LogP contribution in [-0.4, -0.2) is 15.5 Å². The number of imidazole rings is 1. The quantitative estimate of drug-likeness (QED) is 0.785. The number of carbonyl (C=O) groups is 1. The summed E-state index contributed by atoms with van der Waals surface area (Å²) in [5.74, 6) is 1.19. The predicted octanol–water partition coefficient (Wildman–Crippen LogP) is 3.31. The van der Waals surface area contributed by atoms with Gasteiger partial charge in [0.25, 0.3) is 0 Å². The summed E-state index contributed by atoms with van der Waals surface area (Å²) < 4.78 is 7.52. The molecule has 5 nitrogen and oxygen atoms in total. The third-order valence-corrected chi connectivity index (χ3v) is 3.02. The van der Waals surface area contributed by atoms with Gasteiger partial charge in [0.15, 0.2) is 5.75 Å². The zero-order chi connectivity index (χ0) is 15.2. The molecular weight excluding hydrogens is 278 g/mol. The minimum atomic E-state index is -0.137. The average Bonchev–Trinajstić information content (AvgIpc) is 3.03. The molecule has 110 valence electrons. The fraction of sp³-hybridized carbons (Fsp3) is 0.0588. The summed E-state index contributed by atoms with van der Waals surface area (Å²) in [7, 11) is 0. The first-order chi connectivity index (χ1) is 10.8. The van der Waals surface area contributed by atoms with E-state index in [1.165, 1.54) is 0 Å². The Kier molecular flexibility index (Phi) is 4.15. The summed E-state index contributed by atoms with van der Waals surface area (Å²) in [6.45, 7) is 0.208. The number of benzene rings is 2. The van der Waals surface area contributed by atoms with Crippen LogP contribution in [0.5, 0.6) is 11.5 Å². The van der Waals surface area contributed by atoms with Gasteiger partial charge in [-0.05, 0) is 24.3 Å². The fourth-order valence-electron chi connectivity index (χ4n) is 2.01. The molecule has 5 heteroatoms. The molecule has 1 aromatic heterocycles. The zero-order valence-electron chi connectivity index (χ0n) is 11.8. The van der Waals surface area contributed by atoms with E-state index in [0.717, 1.165) is 5.75 Å². The van der Waals surface area contributed by atoms with Crippen molar-refractivity contribution in [3.8, 4) is 11.5 Å². The predicted molar refractivity (Wildman–Crippen MR) is 83.8 cm³/mol. The molecule has 1 amide bonds. The minimum Gasteiger partial charge on any atom is -0.455 e. The van der Waals surface area contributed by atoms with Crippen molar-refractivity contribution in [3.63, 3.8) is 0 Å². The lowest BCUT2D eigenvalue weighted by Crippen LogP contribution is -2.18. The van der Waals surface area contributed by atoms with Crippen LogP contribution in [0.2, 0.25) is 0 Å². The van der Waals surface area contributed by atoms with Crippen LogP contribution in [0, 0.1) is 0 Å². The van der Waals surface area contributed by atoms with Gasteiger partial charge < -0.3 is 14.6 Å². The molecule has 1 N–H and O–H groups in total. The molecule has 2 aromatic carbocycles. The van der Waals surface area contributed by atoms with E-state index in [2.05, 4.69) is 10.3 Å². The van der Waals surface area contributed by atoms with Crippen LogP contribution in [0.1, 0.15) is 0 Å². The maximum Gasteiger partial charge on any atom is 0.244 e. The molecule has 3 rings (SSSR count). The van der Waals surface area contributed by atoms with Gasteiger partial charge in [0, 0.05) is 12.4 Å². The molecule has 0 fully saturated rings. The van der Waals surface area contributed by atoms with E-state index >= 15 is 0 Å². The number of amides is 1. The van der Waals surface area contributed by atoms with Crippen LogP contribution in [0.25, 0.3) is 0 Å². The van der Waals surface area contributed by atoms with Crippen LogP contribution in [0.15, 0.2) is 73.3 Å². The first-order valence-corrected chi connectivity index (χ1v) is 6.89. The summed E-state index contributed by atoms with van der Waals surface area (Å²) in [6.07, 6.45) is 4.98. The Morgan fingerprint density at radius 1 is 1.09 bits per heavy atom. The number of para-hydroxylation sites is 3. The molecule has 1 heterocycles. The highest BCUT2D eigenvalue weighted by Crippen LogP contribution is 2.28. The van der Waals surface area contributed by atoms with E-state index < -0.39 is 0 Å². The lowest BCUT2D eigenvalue weighted by Gasteiger charge is -2.12. The SMILES string of the molecule is O=C(Cn1ccnc1)Nc1ccccc1Oc1ccccc1. The number of anilines is 1. The summed E-state index contributed by atoms with van der Waals surface area (Å²) in [5, 5.41) is 2.86. The Bertz CT molecular complexity index is 740. The number of hydrogen-bond acceptors (Lipinski definition) is 3. The van der Waals surface area contributed by atoms with Crippen LogP contribution in [-0.2, 0) is 11.3 Å². The molecule has 0 atom stereocenters. The zero-order valence-corrected chi connectivity index (χ0v) is 11.8. The van der Waals surface area contributed by atoms with Crippen LogP contribution in [0.4, 0.5) is 5.69 Å². The van der Waals surface area contributed by atoms with Crippen LogP contribution in [0.3, 0.4) is 0 Å². The van der Waals surface area contributed by atoms with Gasteiger partial charge in [0.05, 0.1) is 12.0 Å². The third kappa shape index (κ3) is 3.52. The van der Waals surface area contributed by atoms with Gasteiger partial charge in [-0.2, -0.15) is 0 Å². The topological polar surface area (TPSA) is 56.2 Å². The van der Waals surface area contributed by atoms with Crippen molar-refractivity contribution in [3.05, 3.63) is 73.3 Å². The first-order valence-electron chi connectivity index (χ1n) is 6.89. The lowest BCUT2D eigenvalue weighted by molar-refractivity contribution is -0.116. The van der Waals surface area contributed by atoms with Gasteiger partial charge in [-0.15, -0.1) is 0 Å². The molecule has 0 aliphatic carbocycles. The Balaban J connectivity index is 1.72. The smallest absolute Gasteiger partial charge is 0.244 e. The molecule has 0 aliphatic heterocycles. The molecular formula is C17H15N3O2. The molecule has 0 saturated carbocycles. The van der Waals surface area contributed by atoms with Crippen molar-refractivity contribution >= 4 is 11.6 Å². The van der Waals surface area contributed by atoms with Gasteiger partial charge in [-0.25, -0.2) is 4.98 Å². The molecule has 0 aliphatic rings. The molecule has 0 bridgehead atoms. The average molecular weight is 293 g/mol. The highest BCUT2D eigenvalue weighted by molar-refractivity contribution is 5.92. The maximum atomic E-state index is 12.1. The fourth-order valence-corrected chi connectivity index (χ4v) is 2.01. The number of hydrogen-bond donors (Lipinski definition) is 1. The van der Waals surface area contributed by atoms with Gasteiger partial charge in [-0.1, -0.05) is 30.3 Å². The normalized spacial score (nSPS) is 10.2. The number of rotatable bonds is 5. The highest BCUT2D eigenvalue weighted by atomic mass is 16.5. The van der Waals surface area contributed by atoms with Crippen molar-refractivity contribution in [2.45, 2.75) is 6.54 Å². The summed E-state index contributed by atoms with van der Waals surface area (Å²) >= 11 is 0. The van der Waals surface area contributed by atoms with E-state index in [0.29, 0.717) is 11.4 Å². The number of carbonyl (C=O) groups excluding carboxylic acids is 1. The monoisotopic (exact) mass is 293 g/mol. The van der Waals surface area contributed by atoms with Gasteiger partial charge in [-0.3, -0.25) is 4.79 Å². The van der Waals surface area contributed by atoms with Crippen molar-refractivity contribution in [1.29, 1.82) is 0 Å². The van der Waals surface area contributed by atoms with Crippen LogP contribution < -0.4 is 10.1 Å². The standard InChI is InChI=1S/C17H15N3O2/c21-17(12-20-11-10-18-13-20)19-15-8-4-5-9-16(15)22-14-6-2-1-3-7-14/h1-11,13H,12H2,(H,19,21). The molecule has 0 unspecified atom stereocenters. The second-order valence-corrected chi connectivity index (χ2v) is 4.69. The molecule has 0 saturated heterocycles. The Hall–Kier alpha value is -3.08. The van der Waals surface area contributed by atoms with Gasteiger partial charge in [0.1, 0.15) is 12.3 Å². The molecule has 22 heavy (non-hydrogen) atoms. The summed E-state index contributed by atoms with van der Waals surface area (Å²) in [5.41, 5.74) is 0.636. The lowest BCUT2D eigenvalue weighted by atomic mass is 10.3. The summed E-state index contributed by atoms with van der Waals surface area (Å²) in [4.78, 5) is 16.0. The number of aromatic nitrogens is 2. The highest BCUT2D eigenvalue weighted by Gasteiger charge is 2.08. The van der Waals surface area contributed by atoms with E-state index in [9.17, 15) is 4.79 Å². The van der Waals surface area contributed by atoms with Gasteiger partial charge in [0.2, 0.25) is 5.91 Å². The Morgan fingerprint density at radius 2 is 1.86 bits per heavy atom. The van der Waals surface area contributed by atoms with Gasteiger partial charge >= 0.3 is 0 Å². The van der Waals surface area contributed by atoms with Crippen molar-refractivity contribution < 1.29 is 9.53 Å². The number of nitrogens with one attached hydrogen (secondary N) is 1. The number of nitrogens with zero attached hydrogens (tertiary/aromatic N) is 2. The second kappa shape index (κ2) is 6.58.